The molecule has 0 saturated heterocycles. The summed E-state index contributed by atoms with van der Waals surface area (Å²) in [5.74, 6) is -0.125. The summed E-state index contributed by atoms with van der Waals surface area (Å²) in [4.78, 5) is 19.5. The van der Waals surface area contributed by atoms with E-state index < -0.39 is 0 Å². The van der Waals surface area contributed by atoms with Gasteiger partial charge in [-0.1, -0.05) is 32.0 Å². The van der Waals surface area contributed by atoms with Crippen molar-refractivity contribution in [2.45, 2.75) is 26.8 Å². The highest BCUT2D eigenvalue weighted by molar-refractivity contribution is 5.99. The molecule has 0 aliphatic rings. The molecule has 6 nitrogen and oxygen atoms in total. The summed E-state index contributed by atoms with van der Waals surface area (Å²) >= 11 is 0. The van der Waals surface area contributed by atoms with Gasteiger partial charge in [0.1, 0.15) is 5.69 Å². The molecule has 2 aromatic heterocycles. The van der Waals surface area contributed by atoms with Crippen molar-refractivity contribution in [2.24, 2.45) is 0 Å². The first-order chi connectivity index (χ1) is 13.6. The summed E-state index contributed by atoms with van der Waals surface area (Å²) in [7, 11) is 0. The Kier molecular flexibility index (Phi) is 6.55. The third-order valence-corrected chi connectivity index (χ3v) is 4.91. The molecule has 0 saturated carbocycles. The highest BCUT2D eigenvalue weighted by Gasteiger charge is 2.20. The molecular formula is C22H27N5O. The third kappa shape index (κ3) is 4.46. The molecule has 146 valence electrons. The molecule has 0 bridgehead atoms. The van der Waals surface area contributed by atoms with E-state index in [0.717, 1.165) is 24.3 Å². The number of hydrogen-bond donors (Lipinski definition) is 1. The van der Waals surface area contributed by atoms with Crippen molar-refractivity contribution < 1.29 is 4.79 Å². The van der Waals surface area contributed by atoms with Crippen molar-refractivity contribution in [3.8, 4) is 16.9 Å². The van der Waals surface area contributed by atoms with Crippen LogP contribution in [0.2, 0.25) is 0 Å². The van der Waals surface area contributed by atoms with Crippen molar-refractivity contribution in [3.05, 3.63) is 66.6 Å². The van der Waals surface area contributed by atoms with E-state index in [4.69, 9.17) is 0 Å². The molecule has 0 aliphatic heterocycles. The van der Waals surface area contributed by atoms with E-state index in [0.29, 0.717) is 17.8 Å². The number of pyridine rings is 1. The van der Waals surface area contributed by atoms with Crippen LogP contribution in [0.1, 0.15) is 31.1 Å². The van der Waals surface area contributed by atoms with E-state index in [9.17, 15) is 4.79 Å². The Morgan fingerprint density at radius 3 is 2.54 bits per heavy atom. The minimum Gasteiger partial charge on any atom is -0.350 e. The van der Waals surface area contributed by atoms with Gasteiger partial charge in [-0.25, -0.2) is 4.68 Å². The first kappa shape index (κ1) is 19.8. The summed E-state index contributed by atoms with van der Waals surface area (Å²) in [6.07, 6.45) is 5.23. The van der Waals surface area contributed by atoms with Crippen LogP contribution in [0.5, 0.6) is 0 Å². The van der Waals surface area contributed by atoms with Crippen LogP contribution >= 0.6 is 0 Å². The van der Waals surface area contributed by atoms with Gasteiger partial charge in [-0.05, 0) is 44.3 Å². The van der Waals surface area contributed by atoms with E-state index in [1.165, 1.54) is 0 Å². The summed E-state index contributed by atoms with van der Waals surface area (Å²) in [6.45, 7) is 8.89. The van der Waals surface area contributed by atoms with E-state index in [1.807, 2.05) is 42.5 Å². The second kappa shape index (κ2) is 9.28. The van der Waals surface area contributed by atoms with Gasteiger partial charge >= 0.3 is 0 Å². The topological polar surface area (TPSA) is 63.1 Å². The van der Waals surface area contributed by atoms with Gasteiger partial charge in [0.05, 0.1) is 11.3 Å². The number of nitrogens with one attached hydrogen (secondary N) is 1. The number of benzene rings is 1. The lowest BCUT2D eigenvalue weighted by atomic mass is 10.1. The Balaban J connectivity index is 1.88. The number of nitrogens with zero attached hydrogens (tertiary/aromatic N) is 4. The molecule has 3 aromatic rings. The number of likely N-dealkylation sites (N-methyl/N-ethyl adjacent to an activating group) is 1. The SMILES string of the molecule is CCN(CC)C(C)CNC(=O)c1cn(-c2ccccc2)nc1-c1cccnc1. The second-order valence-corrected chi connectivity index (χ2v) is 6.69. The minimum atomic E-state index is -0.125. The number of rotatable bonds is 8. The number of amides is 1. The standard InChI is InChI=1S/C22H27N5O/c1-4-26(5-2)17(3)14-24-22(28)20-16-27(19-11-7-6-8-12-19)25-21(20)18-10-9-13-23-15-18/h6-13,15-17H,4-5,14H2,1-3H3,(H,24,28). The third-order valence-electron chi connectivity index (χ3n) is 4.91. The fourth-order valence-corrected chi connectivity index (χ4v) is 3.28. The molecule has 1 unspecified atom stereocenters. The van der Waals surface area contributed by atoms with Gasteiger partial charge in [0, 0.05) is 36.7 Å². The summed E-state index contributed by atoms with van der Waals surface area (Å²) in [5.41, 5.74) is 2.90. The molecule has 1 atom stereocenters. The van der Waals surface area contributed by atoms with Gasteiger partial charge in [-0.3, -0.25) is 14.7 Å². The fourth-order valence-electron chi connectivity index (χ4n) is 3.28. The van der Waals surface area contributed by atoms with E-state index in [2.05, 4.69) is 41.1 Å². The smallest absolute Gasteiger partial charge is 0.255 e. The Hall–Kier alpha value is -2.99. The maximum atomic E-state index is 13.0. The molecule has 1 amide bonds. The van der Waals surface area contributed by atoms with Crippen molar-refractivity contribution in [1.29, 1.82) is 0 Å². The van der Waals surface area contributed by atoms with Crippen LogP contribution in [0.25, 0.3) is 16.9 Å². The van der Waals surface area contributed by atoms with Gasteiger partial charge < -0.3 is 5.32 Å². The normalized spacial score (nSPS) is 12.1. The number of para-hydroxylation sites is 1. The first-order valence-corrected chi connectivity index (χ1v) is 9.71. The lowest BCUT2D eigenvalue weighted by Gasteiger charge is -2.26. The fraction of sp³-hybridized carbons (Fsp3) is 0.318. The highest BCUT2D eigenvalue weighted by Crippen LogP contribution is 2.23. The number of aromatic nitrogens is 3. The molecule has 28 heavy (non-hydrogen) atoms. The molecule has 6 heteroatoms. The zero-order valence-electron chi connectivity index (χ0n) is 16.7. The Bertz CT molecular complexity index is 888. The van der Waals surface area contributed by atoms with Crippen LogP contribution in [0.3, 0.4) is 0 Å². The molecule has 0 aliphatic carbocycles. The van der Waals surface area contributed by atoms with Crippen LogP contribution < -0.4 is 5.32 Å². The van der Waals surface area contributed by atoms with Crippen LogP contribution in [0.4, 0.5) is 0 Å². The molecule has 2 heterocycles. The Labute approximate surface area is 166 Å². The quantitative estimate of drug-likeness (QED) is 0.654. The first-order valence-electron chi connectivity index (χ1n) is 9.71. The van der Waals surface area contributed by atoms with Crippen molar-refractivity contribution in [1.82, 2.24) is 25.0 Å². The maximum absolute atomic E-state index is 13.0. The number of hydrogen-bond acceptors (Lipinski definition) is 4. The molecular weight excluding hydrogens is 350 g/mol. The Morgan fingerprint density at radius 1 is 1.14 bits per heavy atom. The van der Waals surface area contributed by atoms with Crippen LogP contribution in [-0.2, 0) is 0 Å². The van der Waals surface area contributed by atoms with Crippen LogP contribution in [0, 0.1) is 0 Å². The van der Waals surface area contributed by atoms with Crippen LogP contribution in [-0.4, -0.2) is 51.2 Å². The highest BCUT2D eigenvalue weighted by atomic mass is 16.1. The second-order valence-electron chi connectivity index (χ2n) is 6.69. The van der Waals surface area contributed by atoms with Gasteiger partial charge in [-0.2, -0.15) is 5.10 Å². The van der Waals surface area contributed by atoms with Crippen LogP contribution in [0.15, 0.2) is 61.1 Å². The summed E-state index contributed by atoms with van der Waals surface area (Å²) in [5, 5.41) is 7.74. The maximum Gasteiger partial charge on any atom is 0.255 e. The average molecular weight is 377 g/mol. The van der Waals surface area contributed by atoms with E-state index in [1.54, 1.807) is 23.3 Å². The van der Waals surface area contributed by atoms with Crippen molar-refractivity contribution >= 4 is 5.91 Å². The van der Waals surface area contributed by atoms with Crippen molar-refractivity contribution in [2.75, 3.05) is 19.6 Å². The van der Waals surface area contributed by atoms with E-state index in [-0.39, 0.29) is 11.9 Å². The molecule has 0 radical (unpaired) electrons. The minimum absolute atomic E-state index is 0.125. The predicted octanol–water partition coefficient (Wildman–Crippen LogP) is 3.39. The van der Waals surface area contributed by atoms with Crippen molar-refractivity contribution in [3.63, 3.8) is 0 Å². The van der Waals surface area contributed by atoms with Gasteiger partial charge in [0.25, 0.3) is 5.91 Å². The van der Waals surface area contributed by atoms with Gasteiger partial charge in [0.2, 0.25) is 0 Å². The van der Waals surface area contributed by atoms with Gasteiger partial charge in [-0.15, -0.1) is 0 Å². The number of carbonyl (C=O) groups is 1. The predicted molar refractivity (Wildman–Crippen MR) is 112 cm³/mol. The average Bonchev–Trinajstić information content (AvgIpc) is 3.20. The zero-order valence-corrected chi connectivity index (χ0v) is 16.7. The monoisotopic (exact) mass is 377 g/mol. The molecule has 0 spiro atoms. The zero-order chi connectivity index (χ0) is 19.9. The summed E-state index contributed by atoms with van der Waals surface area (Å²) in [6, 6.07) is 13.8. The lowest BCUT2D eigenvalue weighted by Crippen LogP contribution is -2.42. The summed E-state index contributed by atoms with van der Waals surface area (Å²) < 4.78 is 1.74. The van der Waals surface area contributed by atoms with Gasteiger partial charge in [0.15, 0.2) is 0 Å². The largest absolute Gasteiger partial charge is 0.350 e. The molecule has 3 rings (SSSR count). The molecule has 0 fully saturated rings. The Morgan fingerprint density at radius 2 is 1.89 bits per heavy atom. The number of carbonyl (C=O) groups excluding carboxylic acids is 1. The molecule has 1 N–H and O–H groups in total. The lowest BCUT2D eigenvalue weighted by molar-refractivity contribution is 0.0938. The molecule has 1 aromatic carbocycles. The van der Waals surface area contributed by atoms with E-state index >= 15 is 0 Å².